The Balaban J connectivity index is 1.71. The summed E-state index contributed by atoms with van der Waals surface area (Å²) >= 11 is 0. The van der Waals surface area contributed by atoms with Crippen molar-refractivity contribution < 1.29 is 0 Å². The van der Waals surface area contributed by atoms with Crippen LogP contribution in [0.5, 0.6) is 0 Å². The number of fused-ring (bicyclic) bond motifs is 5. The third-order valence-corrected chi connectivity index (χ3v) is 11.2. The molecular weight excluding hydrogens is 306 g/mol. The van der Waals surface area contributed by atoms with E-state index in [2.05, 4.69) is 26.2 Å². The zero-order valence-corrected chi connectivity index (χ0v) is 17.1. The van der Waals surface area contributed by atoms with Gasteiger partial charge in [-0.25, -0.2) is 0 Å². The van der Waals surface area contributed by atoms with Gasteiger partial charge >= 0.3 is 0 Å². The summed E-state index contributed by atoms with van der Waals surface area (Å²) in [7, 11) is 1.90. The lowest BCUT2D eigenvalue weighted by Gasteiger charge is -2.37. The lowest BCUT2D eigenvalue weighted by Crippen LogP contribution is -2.35. The van der Waals surface area contributed by atoms with Gasteiger partial charge in [-0.1, -0.05) is 39.2 Å². The third-order valence-electron chi connectivity index (χ3n) is 8.52. The van der Waals surface area contributed by atoms with E-state index in [4.69, 9.17) is 4.99 Å². The molecule has 6 atom stereocenters. The van der Waals surface area contributed by atoms with Gasteiger partial charge < -0.3 is 0 Å². The Labute approximate surface area is 150 Å². The molecule has 24 heavy (non-hydrogen) atoms. The second kappa shape index (κ2) is 7.17. The van der Waals surface area contributed by atoms with Crippen LogP contribution >= 0.6 is 0 Å². The topological polar surface area (TPSA) is 12.4 Å². The highest BCUT2D eigenvalue weighted by Gasteiger charge is 2.52. The first-order valence-corrected chi connectivity index (χ1v) is 13.0. The highest BCUT2D eigenvalue weighted by atomic mass is 28.2. The van der Waals surface area contributed by atoms with E-state index in [0.717, 1.165) is 41.0 Å². The zero-order valence-electron chi connectivity index (χ0n) is 16.1. The summed E-state index contributed by atoms with van der Waals surface area (Å²) in [5.41, 5.74) is 5.34. The molecule has 0 aliphatic heterocycles. The summed E-state index contributed by atoms with van der Waals surface area (Å²) in [4.78, 5) is 4.99. The molecule has 0 bridgehead atoms. The largest absolute Gasteiger partial charge is 0.297 e. The minimum absolute atomic E-state index is 0.224. The number of hydrogen-bond donors (Lipinski definition) is 0. The first-order valence-electron chi connectivity index (χ1n) is 10.8. The minimum Gasteiger partial charge on any atom is -0.297 e. The van der Waals surface area contributed by atoms with Crippen LogP contribution in [-0.2, 0) is 0 Å². The normalized spacial score (nSPS) is 45.9. The first-order chi connectivity index (χ1) is 11.7. The zero-order chi connectivity index (χ0) is 16.7. The average Bonchev–Trinajstić information content (AvgIpc) is 3.03. The SMILES string of the molecule is C/C=[Si](/C)C1CC2C3CCCCC3C(=NC)C3CCCCC3C2C1. The molecule has 2 heteroatoms. The van der Waals surface area contributed by atoms with Gasteiger partial charge in [0.05, 0.1) is 0 Å². The average molecular weight is 344 g/mol. The Bertz CT molecular complexity index is 488. The van der Waals surface area contributed by atoms with Crippen LogP contribution in [0, 0.1) is 35.5 Å². The molecule has 0 saturated heterocycles. The van der Waals surface area contributed by atoms with Crippen molar-refractivity contribution in [3.05, 3.63) is 0 Å². The maximum atomic E-state index is 4.99. The van der Waals surface area contributed by atoms with Crippen molar-refractivity contribution in [3.63, 3.8) is 0 Å². The Morgan fingerprint density at radius 1 is 0.833 bits per heavy atom. The van der Waals surface area contributed by atoms with E-state index in [9.17, 15) is 0 Å². The van der Waals surface area contributed by atoms with E-state index in [-0.39, 0.29) is 8.41 Å². The standard InChI is InChI=1S/C22H37NSi/c1-4-24(3)15-13-20-16-9-5-7-11-18(16)22(23-2)19-12-8-6-10-17(19)21(20)14-15/h4,15-21H,5-14H2,1-3H3/b23-22?,24-4-. The molecule has 6 unspecified atom stereocenters. The van der Waals surface area contributed by atoms with Crippen LogP contribution in [0.1, 0.15) is 71.1 Å². The summed E-state index contributed by atoms with van der Waals surface area (Å²) < 4.78 is 0. The van der Waals surface area contributed by atoms with Crippen LogP contribution in [0.3, 0.4) is 0 Å². The van der Waals surface area contributed by atoms with Crippen LogP contribution in [0.4, 0.5) is 0 Å². The van der Waals surface area contributed by atoms with Gasteiger partial charge in [-0.3, -0.25) is 4.99 Å². The fourth-order valence-corrected chi connectivity index (χ4v) is 9.14. The van der Waals surface area contributed by atoms with Crippen molar-refractivity contribution in [1.29, 1.82) is 0 Å². The van der Waals surface area contributed by atoms with Crippen molar-refractivity contribution in [2.75, 3.05) is 7.05 Å². The van der Waals surface area contributed by atoms with E-state index in [0.29, 0.717) is 0 Å². The van der Waals surface area contributed by atoms with Gasteiger partial charge in [0.1, 0.15) is 0 Å². The molecule has 0 N–H and O–H groups in total. The lowest BCUT2D eigenvalue weighted by atomic mass is 9.68. The summed E-state index contributed by atoms with van der Waals surface area (Å²) in [6.07, 6.45) is 15.0. The fourth-order valence-electron chi connectivity index (χ4n) is 7.38. The van der Waals surface area contributed by atoms with Gasteiger partial charge in [-0.05, 0) is 67.7 Å². The van der Waals surface area contributed by atoms with Crippen LogP contribution in [0.15, 0.2) is 4.99 Å². The molecule has 0 spiro atoms. The van der Waals surface area contributed by atoms with Gasteiger partial charge in [0, 0.05) is 33.0 Å². The van der Waals surface area contributed by atoms with E-state index in [1.165, 1.54) is 51.4 Å². The number of aliphatic imine (C=N–C) groups is 1. The Morgan fingerprint density at radius 2 is 1.33 bits per heavy atom. The summed E-state index contributed by atoms with van der Waals surface area (Å²) in [6.45, 7) is 4.91. The molecule has 4 aliphatic carbocycles. The lowest BCUT2D eigenvalue weighted by molar-refractivity contribution is 0.126. The molecule has 4 rings (SSSR count). The van der Waals surface area contributed by atoms with E-state index in [1.54, 1.807) is 18.6 Å². The predicted octanol–water partition coefficient (Wildman–Crippen LogP) is 5.61. The molecule has 0 aromatic carbocycles. The van der Waals surface area contributed by atoms with Crippen LogP contribution < -0.4 is 0 Å². The molecule has 0 amide bonds. The maximum Gasteiger partial charge on any atom is 0.0276 e. The molecule has 4 aliphatic rings. The summed E-state index contributed by atoms with van der Waals surface area (Å²) in [6, 6.07) is 0. The van der Waals surface area contributed by atoms with Crippen molar-refractivity contribution in [3.8, 4) is 0 Å². The van der Waals surface area contributed by atoms with Gasteiger partial charge in [0.15, 0.2) is 0 Å². The number of hydrogen-bond acceptors (Lipinski definition) is 1. The fraction of sp³-hybridized carbons (Fsp3) is 0.909. The summed E-state index contributed by atoms with van der Waals surface area (Å²) in [5.74, 6) is 5.80. The van der Waals surface area contributed by atoms with Crippen LogP contribution in [0.25, 0.3) is 0 Å². The Kier molecular flexibility index (Phi) is 5.14. The van der Waals surface area contributed by atoms with E-state index >= 15 is 0 Å². The van der Waals surface area contributed by atoms with Crippen molar-refractivity contribution >= 4 is 19.8 Å². The van der Waals surface area contributed by atoms with Gasteiger partial charge in [-0.15, -0.1) is 5.67 Å². The Hall–Kier alpha value is -0.243. The monoisotopic (exact) mass is 343 g/mol. The summed E-state index contributed by atoms with van der Waals surface area (Å²) in [5, 5.41) is 0. The Morgan fingerprint density at radius 3 is 1.79 bits per heavy atom. The predicted molar refractivity (Wildman–Crippen MR) is 108 cm³/mol. The molecule has 4 fully saturated rings. The highest BCUT2D eigenvalue weighted by molar-refractivity contribution is 6.65. The smallest absolute Gasteiger partial charge is 0.0276 e. The molecular formula is C22H37NSi. The number of rotatable bonds is 1. The minimum atomic E-state index is -0.224. The van der Waals surface area contributed by atoms with Crippen molar-refractivity contribution in [2.45, 2.75) is 83.2 Å². The van der Waals surface area contributed by atoms with Gasteiger partial charge in [0.25, 0.3) is 0 Å². The second-order valence-electron chi connectivity index (χ2n) is 9.29. The highest BCUT2D eigenvalue weighted by Crippen LogP contribution is 2.59. The first kappa shape index (κ1) is 17.2. The molecule has 0 radical (unpaired) electrons. The quantitative estimate of drug-likeness (QED) is 0.549. The van der Waals surface area contributed by atoms with Crippen molar-refractivity contribution in [1.82, 2.24) is 0 Å². The van der Waals surface area contributed by atoms with Crippen LogP contribution in [0.2, 0.25) is 12.1 Å². The molecule has 1 nitrogen and oxygen atoms in total. The maximum absolute atomic E-state index is 4.99. The third kappa shape index (κ3) is 2.81. The molecule has 0 aromatic rings. The molecule has 0 aromatic heterocycles. The molecule has 134 valence electrons. The second-order valence-corrected chi connectivity index (χ2v) is 12.2. The van der Waals surface area contributed by atoms with E-state index < -0.39 is 0 Å². The van der Waals surface area contributed by atoms with E-state index in [1.807, 2.05) is 0 Å². The molecule has 0 heterocycles. The van der Waals surface area contributed by atoms with Crippen LogP contribution in [-0.4, -0.2) is 26.8 Å². The molecule has 4 saturated carbocycles. The van der Waals surface area contributed by atoms with Gasteiger partial charge in [0.2, 0.25) is 0 Å². The van der Waals surface area contributed by atoms with Gasteiger partial charge in [-0.2, -0.15) is 0 Å². The van der Waals surface area contributed by atoms with Crippen molar-refractivity contribution in [2.24, 2.45) is 40.5 Å². The number of nitrogens with zero attached hydrogens (tertiary/aromatic N) is 1.